The van der Waals surface area contributed by atoms with Crippen molar-refractivity contribution >= 4 is 52.8 Å². The molecule has 40 heavy (non-hydrogen) atoms. The topological polar surface area (TPSA) is 80.6 Å². The van der Waals surface area contributed by atoms with Gasteiger partial charge >= 0.3 is 6.03 Å². The van der Waals surface area contributed by atoms with Gasteiger partial charge in [-0.15, -0.1) is 0 Å². The van der Waals surface area contributed by atoms with Gasteiger partial charge in [0.05, 0.1) is 15.7 Å². The van der Waals surface area contributed by atoms with E-state index in [2.05, 4.69) is 5.32 Å². The number of rotatable bonds is 6. The van der Waals surface area contributed by atoms with Crippen LogP contribution in [0.15, 0.2) is 78.4 Å². The molecule has 1 aliphatic heterocycles. The van der Waals surface area contributed by atoms with Crippen LogP contribution in [0.1, 0.15) is 22.5 Å². The zero-order valence-corrected chi connectivity index (χ0v) is 22.9. The molecule has 4 aromatic rings. The highest BCUT2D eigenvalue weighted by Crippen LogP contribution is 2.34. The predicted octanol–water partition coefficient (Wildman–Crippen LogP) is 6.79. The van der Waals surface area contributed by atoms with E-state index in [0.29, 0.717) is 16.9 Å². The molecule has 1 aromatic heterocycles. The number of benzene rings is 3. The Morgan fingerprint density at radius 3 is 2.40 bits per heavy atom. The smallest absolute Gasteiger partial charge is 0.336 e. The molecule has 10 heteroatoms. The van der Waals surface area contributed by atoms with Crippen molar-refractivity contribution in [1.29, 1.82) is 0 Å². The lowest BCUT2D eigenvalue weighted by molar-refractivity contribution is -0.122. The number of ether oxygens (including phenoxy) is 1. The lowest BCUT2D eigenvalue weighted by Gasteiger charge is -2.27. The molecule has 202 valence electrons. The third-order valence-electron chi connectivity index (χ3n) is 6.49. The van der Waals surface area contributed by atoms with Gasteiger partial charge in [-0.1, -0.05) is 47.5 Å². The van der Waals surface area contributed by atoms with Crippen molar-refractivity contribution in [2.75, 3.05) is 4.90 Å². The fourth-order valence-corrected chi connectivity index (χ4v) is 4.88. The number of nitrogens with zero attached hydrogens (tertiary/aromatic N) is 2. The van der Waals surface area contributed by atoms with Gasteiger partial charge in [0.1, 0.15) is 23.7 Å². The van der Waals surface area contributed by atoms with Gasteiger partial charge in [-0.2, -0.15) is 0 Å². The van der Waals surface area contributed by atoms with Gasteiger partial charge in [0.2, 0.25) is 0 Å². The molecule has 1 saturated heterocycles. The van der Waals surface area contributed by atoms with Crippen LogP contribution in [-0.4, -0.2) is 22.4 Å². The molecule has 1 N–H and O–H groups in total. The maximum atomic E-state index is 13.9. The van der Waals surface area contributed by atoms with Crippen LogP contribution in [0.5, 0.6) is 5.75 Å². The number of amides is 4. The van der Waals surface area contributed by atoms with E-state index >= 15 is 0 Å². The predicted molar refractivity (Wildman–Crippen MR) is 151 cm³/mol. The summed E-state index contributed by atoms with van der Waals surface area (Å²) in [5.74, 6) is -1.39. The zero-order chi connectivity index (χ0) is 28.6. The molecular formula is C30H22Cl2FN3O4. The fraction of sp³-hybridized carbons (Fsp3) is 0.100. The van der Waals surface area contributed by atoms with Gasteiger partial charge in [-0.25, -0.2) is 14.1 Å². The lowest BCUT2D eigenvalue weighted by atomic mass is 10.1. The first-order valence-corrected chi connectivity index (χ1v) is 12.9. The van der Waals surface area contributed by atoms with Crippen LogP contribution in [0.25, 0.3) is 11.8 Å². The molecule has 2 heterocycles. The van der Waals surface area contributed by atoms with Crippen LogP contribution in [0.4, 0.5) is 14.9 Å². The highest BCUT2D eigenvalue weighted by atomic mass is 35.5. The van der Waals surface area contributed by atoms with Crippen molar-refractivity contribution in [2.24, 2.45) is 0 Å². The van der Waals surface area contributed by atoms with Gasteiger partial charge in [-0.3, -0.25) is 14.9 Å². The number of halogens is 3. The number of carbonyl (C=O) groups is 3. The van der Waals surface area contributed by atoms with Crippen LogP contribution in [0.3, 0.4) is 0 Å². The Kier molecular flexibility index (Phi) is 7.47. The second-order valence-electron chi connectivity index (χ2n) is 9.07. The molecule has 0 spiro atoms. The van der Waals surface area contributed by atoms with Crippen LogP contribution >= 0.6 is 23.2 Å². The first-order valence-electron chi connectivity index (χ1n) is 12.2. The van der Waals surface area contributed by atoms with Gasteiger partial charge in [0.15, 0.2) is 0 Å². The molecular weight excluding hydrogens is 556 g/mol. The van der Waals surface area contributed by atoms with Crippen molar-refractivity contribution < 1.29 is 23.5 Å². The minimum absolute atomic E-state index is 0.0147. The normalized spacial score (nSPS) is 14.6. The zero-order valence-electron chi connectivity index (χ0n) is 21.4. The van der Waals surface area contributed by atoms with Gasteiger partial charge < -0.3 is 9.30 Å². The summed E-state index contributed by atoms with van der Waals surface area (Å²) in [6.07, 6.45) is 1.44. The van der Waals surface area contributed by atoms with Crippen molar-refractivity contribution in [3.05, 3.63) is 117 Å². The Balaban J connectivity index is 1.42. The number of hydrogen-bond donors (Lipinski definition) is 1. The summed E-state index contributed by atoms with van der Waals surface area (Å²) < 4.78 is 21.6. The van der Waals surface area contributed by atoms with E-state index in [0.717, 1.165) is 22.0 Å². The standard InChI is InChI=1S/C30H22Cl2FN3O4/c1-17-14-20(15-23-28(37)34-30(39)36(29(23)38)26-9-5-7-24(31)27(26)32)18(2)35(17)21-10-12-22(13-11-21)40-16-19-6-3-4-8-25(19)33/h3-15H,16H2,1-2H3,(H,34,37,39)/b23-15+. The number of aryl methyl sites for hydroxylation is 1. The third-order valence-corrected chi connectivity index (χ3v) is 7.30. The third kappa shape index (κ3) is 5.11. The Hall–Kier alpha value is -4.40. The summed E-state index contributed by atoms with van der Waals surface area (Å²) in [7, 11) is 0. The van der Waals surface area contributed by atoms with Crippen LogP contribution < -0.4 is 15.0 Å². The number of nitrogens with one attached hydrogen (secondary N) is 1. The molecule has 0 bridgehead atoms. The highest BCUT2D eigenvalue weighted by molar-refractivity contribution is 6.46. The van der Waals surface area contributed by atoms with Crippen molar-refractivity contribution in [2.45, 2.75) is 20.5 Å². The van der Waals surface area contributed by atoms with E-state index in [9.17, 15) is 18.8 Å². The van der Waals surface area contributed by atoms with E-state index in [1.54, 1.807) is 36.4 Å². The van der Waals surface area contributed by atoms with Crippen LogP contribution in [-0.2, 0) is 16.2 Å². The quantitative estimate of drug-likeness (QED) is 0.202. The number of carbonyl (C=O) groups excluding carboxylic acids is 3. The highest BCUT2D eigenvalue weighted by Gasteiger charge is 2.38. The average molecular weight is 578 g/mol. The number of hydrogen-bond acceptors (Lipinski definition) is 4. The number of urea groups is 1. The maximum Gasteiger partial charge on any atom is 0.336 e. The maximum absolute atomic E-state index is 13.9. The van der Waals surface area contributed by atoms with Crippen LogP contribution in [0, 0.1) is 19.7 Å². The summed E-state index contributed by atoms with van der Waals surface area (Å²) >= 11 is 12.3. The molecule has 0 saturated carbocycles. The summed E-state index contributed by atoms with van der Waals surface area (Å²) in [5, 5.41) is 2.37. The largest absolute Gasteiger partial charge is 0.489 e. The summed E-state index contributed by atoms with van der Waals surface area (Å²) in [4.78, 5) is 39.4. The van der Waals surface area contributed by atoms with Gasteiger partial charge in [0, 0.05) is 22.6 Å². The molecule has 1 fully saturated rings. The molecule has 0 unspecified atom stereocenters. The Labute approximate surface area is 239 Å². The van der Waals surface area contributed by atoms with E-state index in [4.69, 9.17) is 27.9 Å². The second-order valence-corrected chi connectivity index (χ2v) is 9.85. The molecule has 7 nitrogen and oxygen atoms in total. The van der Waals surface area contributed by atoms with E-state index < -0.39 is 17.8 Å². The Bertz CT molecular complexity index is 1700. The fourth-order valence-electron chi connectivity index (χ4n) is 4.50. The van der Waals surface area contributed by atoms with E-state index in [1.165, 1.54) is 24.3 Å². The Morgan fingerprint density at radius 1 is 0.950 bits per heavy atom. The van der Waals surface area contributed by atoms with E-state index in [-0.39, 0.29) is 33.7 Å². The number of imide groups is 2. The first kappa shape index (κ1) is 27.2. The monoisotopic (exact) mass is 577 g/mol. The average Bonchev–Trinajstić information content (AvgIpc) is 3.21. The lowest BCUT2D eigenvalue weighted by Crippen LogP contribution is -2.54. The minimum Gasteiger partial charge on any atom is -0.489 e. The number of anilines is 1. The molecule has 4 amide bonds. The van der Waals surface area contributed by atoms with Crippen molar-refractivity contribution in [3.63, 3.8) is 0 Å². The minimum atomic E-state index is -0.917. The van der Waals surface area contributed by atoms with Gasteiger partial charge in [-0.05, 0) is 74.0 Å². The van der Waals surface area contributed by atoms with Crippen LogP contribution in [0.2, 0.25) is 10.0 Å². The molecule has 0 radical (unpaired) electrons. The number of barbiturate groups is 1. The summed E-state index contributed by atoms with van der Waals surface area (Å²) in [5.41, 5.74) is 3.34. The molecule has 0 aliphatic carbocycles. The second kappa shape index (κ2) is 11.0. The van der Waals surface area contributed by atoms with Gasteiger partial charge in [0.25, 0.3) is 11.8 Å². The molecule has 0 atom stereocenters. The Morgan fingerprint density at radius 2 is 1.68 bits per heavy atom. The molecule has 5 rings (SSSR count). The molecule has 3 aromatic carbocycles. The first-order chi connectivity index (χ1) is 19.2. The summed E-state index contributed by atoms with van der Waals surface area (Å²) in [6.45, 7) is 3.84. The number of aromatic nitrogens is 1. The summed E-state index contributed by atoms with van der Waals surface area (Å²) in [6, 6.07) is 19.2. The van der Waals surface area contributed by atoms with Crippen molar-refractivity contribution in [3.8, 4) is 11.4 Å². The van der Waals surface area contributed by atoms with Crippen molar-refractivity contribution in [1.82, 2.24) is 9.88 Å². The van der Waals surface area contributed by atoms with E-state index in [1.807, 2.05) is 36.6 Å². The SMILES string of the molecule is Cc1cc(/C=C2\C(=O)NC(=O)N(c3cccc(Cl)c3Cl)C2=O)c(C)n1-c1ccc(OCc2ccccc2F)cc1. The molecule has 1 aliphatic rings.